The fourth-order valence-electron chi connectivity index (χ4n) is 5.73. The van der Waals surface area contributed by atoms with Gasteiger partial charge in [0.25, 0.3) is 0 Å². The van der Waals surface area contributed by atoms with Gasteiger partial charge >= 0.3 is 29.4 Å². The molecule has 66 heavy (non-hydrogen) atoms. The van der Waals surface area contributed by atoms with Crippen LogP contribution in [0, 0.1) is 5.41 Å². The van der Waals surface area contributed by atoms with Crippen molar-refractivity contribution in [2.45, 2.75) is 95.9 Å². The zero-order valence-electron chi connectivity index (χ0n) is 35.8. The van der Waals surface area contributed by atoms with Crippen LogP contribution < -0.4 is 16.4 Å². The fourth-order valence-corrected chi connectivity index (χ4v) is 9.21. The molecule has 30 heteroatoms. The fraction of sp³-hybridized carbons (Fsp3) is 0.583. The van der Waals surface area contributed by atoms with Gasteiger partial charge in [-0.15, -0.1) is 0 Å². The van der Waals surface area contributed by atoms with E-state index in [-0.39, 0.29) is 54.4 Å². The third kappa shape index (κ3) is 20.2. The van der Waals surface area contributed by atoms with Gasteiger partial charge in [-0.2, -0.15) is 4.31 Å². The number of aliphatic hydroxyl groups is 2. The van der Waals surface area contributed by atoms with E-state index in [1.54, 1.807) is 6.08 Å². The van der Waals surface area contributed by atoms with E-state index in [1.807, 2.05) is 30.4 Å². The molecule has 3 heterocycles. The first kappa shape index (κ1) is 56.6. The standard InChI is InChI=1S/C36H56N7O19P3S/c1-36(2,31(49)34(50)39-17-16-25(44)38-18-19-66-27(47)15-13-11-9-7-5-3-4-6-8-10-12-14-26(45)46)21-59-65(56,57)62-64(54,55)58-20-24-30(61-63(51,52)53)29(48)35(60-24)43-23-42-28-32(37)40-22-41-33(28)43/h4-7,11,13,22-24,29-31,35,48-49H,3,8-10,12,14-21H2,1-2H3,(H,38,44)(H,39,50)(H,45,46)(H,54,55)(H,56,57)(H2,37,40,41)(H2,51,52,53)/b6-4+,7-5+,13-11+. The number of aliphatic hydroxyl groups excluding tert-OH is 2. The predicted molar refractivity (Wildman–Crippen MR) is 234 cm³/mol. The molecule has 1 fully saturated rings. The number of phosphoric ester groups is 3. The van der Waals surface area contributed by atoms with Crippen molar-refractivity contribution in [3.63, 3.8) is 0 Å². The SMILES string of the molecule is CC(C)(COP(=O)(O)OP(=O)(O)OCC1OC(n2cnc3c(N)ncnc32)C(O)C1OP(=O)(O)O)C(O)C(=O)NCCC(=O)NCCSC(=O)C/C=C/C/C=C/C/C=C/CCCCC(=O)O. The normalized spacial score (nSPS) is 20.5. The molecular weight excluding hydrogens is 959 g/mol. The topological polar surface area (TPSA) is 401 Å². The molecule has 3 rings (SSSR count). The summed E-state index contributed by atoms with van der Waals surface area (Å²) in [6.07, 6.45) is 8.73. The number of nitrogens with one attached hydrogen (secondary N) is 2. The number of aromatic nitrogens is 4. The van der Waals surface area contributed by atoms with Crippen molar-refractivity contribution < 1.29 is 90.4 Å². The molecule has 0 spiro atoms. The number of ether oxygens (including phenoxy) is 1. The number of carboxylic acid groups (broad SMARTS) is 1. The number of anilines is 1. The van der Waals surface area contributed by atoms with Gasteiger partial charge in [-0.25, -0.2) is 28.6 Å². The van der Waals surface area contributed by atoms with Gasteiger partial charge in [-0.3, -0.25) is 37.3 Å². The van der Waals surface area contributed by atoms with Crippen LogP contribution in [-0.4, -0.2) is 134 Å². The Kier molecular flexibility index (Phi) is 22.9. The molecule has 0 radical (unpaired) electrons. The summed E-state index contributed by atoms with van der Waals surface area (Å²) < 4.78 is 62.3. The molecule has 2 amide bonds. The zero-order valence-corrected chi connectivity index (χ0v) is 39.3. The highest BCUT2D eigenvalue weighted by molar-refractivity contribution is 8.13. The Bertz CT molecular complexity index is 2190. The number of imidazole rings is 1. The maximum atomic E-state index is 12.7. The van der Waals surface area contributed by atoms with Crippen molar-refractivity contribution in [2.24, 2.45) is 5.41 Å². The number of carboxylic acids is 1. The number of nitrogens with zero attached hydrogens (tertiary/aromatic N) is 4. The Morgan fingerprint density at radius 2 is 1.61 bits per heavy atom. The van der Waals surface area contributed by atoms with E-state index in [9.17, 15) is 62.7 Å². The lowest BCUT2D eigenvalue weighted by Gasteiger charge is -2.30. The van der Waals surface area contributed by atoms with E-state index in [2.05, 4.69) is 34.4 Å². The van der Waals surface area contributed by atoms with Crippen LogP contribution in [0.3, 0.4) is 0 Å². The van der Waals surface area contributed by atoms with Crippen LogP contribution >= 0.6 is 35.2 Å². The number of nitrogen functional groups attached to an aromatic ring is 1. The Hall–Kier alpha value is -3.75. The number of aliphatic carboxylic acids is 1. The van der Waals surface area contributed by atoms with Crippen LogP contribution in [0.15, 0.2) is 49.1 Å². The quantitative estimate of drug-likeness (QED) is 0.0304. The monoisotopic (exact) mass is 1020 g/mol. The van der Waals surface area contributed by atoms with Crippen LogP contribution in [-0.2, 0) is 55.5 Å². The smallest absolute Gasteiger partial charge is 0.481 e. The molecule has 1 saturated heterocycles. The summed E-state index contributed by atoms with van der Waals surface area (Å²) in [4.78, 5) is 98.6. The molecule has 370 valence electrons. The van der Waals surface area contributed by atoms with Crippen LogP contribution in [0.5, 0.6) is 0 Å². The number of hydrogen-bond donors (Lipinski definition) is 10. The molecule has 0 aromatic carbocycles. The lowest BCUT2D eigenvalue weighted by atomic mass is 9.87. The summed E-state index contributed by atoms with van der Waals surface area (Å²) >= 11 is 1.04. The summed E-state index contributed by atoms with van der Waals surface area (Å²) in [6.45, 7) is 0.400. The van der Waals surface area contributed by atoms with Crippen molar-refractivity contribution in [3.05, 3.63) is 49.1 Å². The second kappa shape index (κ2) is 26.7. The van der Waals surface area contributed by atoms with Gasteiger partial charge in [0.1, 0.15) is 36.3 Å². The highest BCUT2D eigenvalue weighted by Gasteiger charge is 2.50. The summed E-state index contributed by atoms with van der Waals surface area (Å²) in [5.74, 6) is -1.98. The second-order valence-corrected chi connectivity index (χ2v) is 20.4. The third-order valence-electron chi connectivity index (χ3n) is 9.11. The Balaban J connectivity index is 1.35. The zero-order chi connectivity index (χ0) is 49.1. The maximum Gasteiger partial charge on any atom is 0.481 e. The molecule has 1 aliphatic rings. The maximum absolute atomic E-state index is 12.7. The molecule has 11 N–H and O–H groups in total. The van der Waals surface area contributed by atoms with Gasteiger partial charge in [0.15, 0.2) is 22.8 Å². The van der Waals surface area contributed by atoms with Gasteiger partial charge in [0.2, 0.25) is 11.8 Å². The first-order valence-corrected chi connectivity index (χ1v) is 25.6. The molecular formula is C36H56N7O19P3S. The molecule has 7 atom stereocenters. The number of hydrogen-bond acceptors (Lipinski definition) is 19. The number of carbonyl (C=O) groups excluding carboxylic acids is 3. The predicted octanol–water partition coefficient (Wildman–Crippen LogP) is 2.15. The van der Waals surface area contributed by atoms with E-state index < -0.39 is 90.5 Å². The number of thioether (sulfide) groups is 1. The van der Waals surface area contributed by atoms with Crippen LogP contribution in [0.4, 0.5) is 5.82 Å². The molecule has 0 aliphatic carbocycles. The molecule has 26 nitrogen and oxygen atoms in total. The molecule has 7 unspecified atom stereocenters. The van der Waals surface area contributed by atoms with Crippen molar-refractivity contribution in [1.29, 1.82) is 0 Å². The highest BCUT2D eigenvalue weighted by Crippen LogP contribution is 2.61. The Morgan fingerprint density at radius 3 is 2.29 bits per heavy atom. The minimum absolute atomic E-state index is 0.0240. The van der Waals surface area contributed by atoms with Crippen molar-refractivity contribution in [3.8, 4) is 0 Å². The molecule has 2 aromatic rings. The van der Waals surface area contributed by atoms with Crippen molar-refractivity contribution in [2.75, 3.05) is 37.8 Å². The van der Waals surface area contributed by atoms with E-state index in [0.29, 0.717) is 18.6 Å². The van der Waals surface area contributed by atoms with E-state index in [0.717, 1.165) is 48.2 Å². The van der Waals surface area contributed by atoms with Crippen LogP contribution in [0.25, 0.3) is 11.2 Å². The van der Waals surface area contributed by atoms with Gasteiger partial charge < -0.3 is 56.0 Å². The van der Waals surface area contributed by atoms with Gasteiger partial charge in [-0.1, -0.05) is 62.1 Å². The van der Waals surface area contributed by atoms with Gasteiger partial charge in [0, 0.05) is 43.5 Å². The lowest BCUT2D eigenvalue weighted by Crippen LogP contribution is -2.46. The van der Waals surface area contributed by atoms with E-state index in [1.165, 1.54) is 13.8 Å². The third-order valence-corrected chi connectivity index (χ3v) is 13.1. The molecule has 0 saturated carbocycles. The van der Waals surface area contributed by atoms with Crippen LogP contribution in [0.2, 0.25) is 0 Å². The average molecular weight is 1020 g/mol. The van der Waals surface area contributed by atoms with Crippen molar-refractivity contribution >= 4 is 75.1 Å². The van der Waals surface area contributed by atoms with Gasteiger partial charge in [0.05, 0.1) is 19.5 Å². The molecule has 1 aliphatic heterocycles. The summed E-state index contributed by atoms with van der Waals surface area (Å²) in [7, 11) is -16.4. The minimum atomic E-state index is -5.59. The number of rotatable bonds is 30. The lowest BCUT2D eigenvalue weighted by molar-refractivity contribution is -0.137. The number of allylic oxidation sites excluding steroid dienone is 6. The summed E-state index contributed by atoms with van der Waals surface area (Å²) in [5.41, 5.74) is 4.24. The van der Waals surface area contributed by atoms with E-state index >= 15 is 0 Å². The first-order valence-electron chi connectivity index (χ1n) is 20.1. The number of nitrogens with two attached hydrogens (primary N) is 1. The number of phosphoric acid groups is 3. The molecule has 0 bridgehead atoms. The molecule has 2 aromatic heterocycles. The minimum Gasteiger partial charge on any atom is -0.481 e. The Morgan fingerprint density at radius 1 is 0.939 bits per heavy atom. The average Bonchev–Trinajstić information content (AvgIpc) is 3.79. The number of carbonyl (C=O) groups is 4. The first-order chi connectivity index (χ1) is 30.9. The number of amides is 2. The summed E-state index contributed by atoms with van der Waals surface area (Å²) in [6, 6.07) is 0. The van der Waals surface area contributed by atoms with Crippen molar-refractivity contribution in [1.82, 2.24) is 30.2 Å². The van der Waals surface area contributed by atoms with Gasteiger partial charge in [-0.05, 0) is 32.1 Å². The summed E-state index contributed by atoms with van der Waals surface area (Å²) in [5, 5.41) is 35.0. The van der Waals surface area contributed by atoms with E-state index in [4.69, 9.17) is 24.6 Å². The largest absolute Gasteiger partial charge is 0.481 e. The second-order valence-electron chi connectivity index (χ2n) is 15.0. The highest BCUT2D eigenvalue weighted by atomic mass is 32.2. The number of fused-ring (bicyclic) bond motifs is 1. The van der Waals surface area contributed by atoms with Crippen LogP contribution in [0.1, 0.15) is 71.4 Å². The number of unbranched alkanes of at least 4 members (excludes halogenated alkanes) is 2. The Labute approximate surface area is 382 Å².